The van der Waals surface area contributed by atoms with Crippen molar-refractivity contribution in [1.29, 1.82) is 0 Å². The number of rotatable bonds is 8. The highest BCUT2D eigenvalue weighted by Crippen LogP contribution is 2.28. The zero-order valence-corrected chi connectivity index (χ0v) is 11.4. The van der Waals surface area contributed by atoms with Crippen molar-refractivity contribution in [3.05, 3.63) is 23.8 Å². The second-order valence-electron chi connectivity index (χ2n) is 4.27. The van der Waals surface area contributed by atoms with Crippen LogP contribution in [0.3, 0.4) is 0 Å². The lowest BCUT2D eigenvalue weighted by Gasteiger charge is -2.16. The van der Waals surface area contributed by atoms with Crippen LogP contribution < -0.4 is 14.8 Å². The first kappa shape index (κ1) is 14.8. The maximum atomic E-state index is 9.02. The number of aliphatic hydroxyl groups is 1. The minimum atomic E-state index is -0.238. The van der Waals surface area contributed by atoms with Crippen LogP contribution in [0.4, 0.5) is 0 Å². The third-order valence-corrected chi connectivity index (χ3v) is 2.57. The molecule has 1 rings (SSSR count). The number of benzene rings is 1. The number of hydrogen-bond donors (Lipinski definition) is 2. The van der Waals surface area contributed by atoms with Crippen molar-refractivity contribution >= 4 is 0 Å². The first-order chi connectivity index (χ1) is 8.71. The molecule has 0 radical (unpaired) electrons. The summed E-state index contributed by atoms with van der Waals surface area (Å²) in [5.74, 6) is 1.37. The largest absolute Gasteiger partial charge is 0.493 e. The second kappa shape index (κ2) is 7.95. The average Bonchev–Trinajstić information content (AvgIpc) is 2.39. The molecule has 0 spiro atoms. The van der Waals surface area contributed by atoms with Crippen LogP contribution in [-0.4, -0.2) is 31.5 Å². The van der Waals surface area contributed by atoms with Crippen molar-refractivity contribution in [2.75, 3.05) is 20.3 Å². The lowest BCUT2D eigenvalue weighted by Crippen LogP contribution is -2.17. The summed E-state index contributed by atoms with van der Waals surface area (Å²) in [5.41, 5.74) is 1.14. The molecule has 0 saturated carbocycles. The van der Waals surface area contributed by atoms with Gasteiger partial charge in [-0.2, -0.15) is 0 Å². The van der Waals surface area contributed by atoms with Crippen molar-refractivity contribution < 1.29 is 14.6 Å². The third-order valence-electron chi connectivity index (χ3n) is 2.57. The molecule has 4 nitrogen and oxygen atoms in total. The van der Waals surface area contributed by atoms with Crippen LogP contribution in [-0.2, 0) is 6.54 Å². The topological polar surface area (TPSA) is 50.7 Å². The van der Waals surface area contributed by atoms with Gasteiger partial charge in [0.25, 0.3) is 0 Å². The van der Waals surface area contributed by atoms with Crippen LogP contribution in [0.1, 0.15) is 25.8 Å². The van der Waals surface area contributed by atoms with Gasteiger partial charge in [-0.25, -0.2) is 0 Å². The fraction of sp³-hybridized carbons (Fsp3) is 0.571. The van der Waals surface area contributed by atoms with E-state index in [0.29, 0.717) is 11.5 Å². The molecule has 0 amide bonds. The second-order valence-corrected chi connectivity index (χ2v) is 4.27. The molecule has 1 unspecified atom stereocenters. The van der Waals surface area contributed by atoms with E-state index in [0.717, 1.165) is 25.1 Å². The summed E-state index contributed by atoms with van der Waals surface area (Å²) in [6.45, 7) is 5.75. The highest BCUT2D eigenvalue weighted by atomic mass is 16.5. The molecule has 4 heteroatoms. The molecule has 0 fully saturated rings. The van der Waals surface area contributed by atoms with Gasteiger partial charge in [-0.3, -0.25) is 0 Å². The molecule has 0 aliphatic rings. The quantitative estimate of drug-likeness (QED) is 0.695. The van der Waals surface area contributed by atoms with Crippen LogP contribution >= 0.6 is 0 Å². The maximum Gasteiger partial charge on any atom is 0.162 e. The number of methoxy groups -OCH3 is 1. The molecule has 1 aromatic carbocycles. The van der Waals surface area contributed by atoms with Crippen molar-refractivity contribution in [1.82, 2.24) is 5.32 Å². The molecule has 0 aromatic heterocycles. The minimum absolute atomic E-state index is 0.0124. The predicted molar refractivity (Wildman–Crippen MR) is 72.2 cm³/mol. The van der Waals surface area contributed by atoms with Crippen molar-refractivity contribution in [3.63, 3.8) is 0 Å². The standard InChI is InChI=1S/C14H23NO3/c1-4-7-15-9-12-5-6-13(17-3)14(8-12)18-11(2)10-16/h5-6,8,11,15-16H,4,7,9-10H2,1-3H3. The molecule has 18 heavy (non-hydrogen) atoms. The number of nitrogens with one attached hydrogen (secondary N) is 1. The highest BCUT2D eigenvalue weighted by Gasteiger charge is 2.09. The average molecular weight is 253 g/mol. The lowest BCUT2D eigenvalue weighted by atomic mass is 10.2. The summed E-state index contributed by atoms with van der Waals surface area (Å²) in [6, 6.07) is 5.86. The molecule has 0 aliphatic heterocycles. The summed E-state index contributed by atoms with van der Waals surface area (Å²) >= 11 is 0. The lowest BCUT2D eigenvalue weighted by molar-refractivity contribution is 0.126. The molecular weight excluding hydrogens is 230 g/mol. The molecule has 0 aliphatic carbocycles. The van der Waals surface area contributed by atoms with Crippen LogP contribution in [0.2, 0.25) is 0 Å². The van der Waals surface area contributed by atoms with E-state index in [1.165, 1.54) is 0 Å². The first-order valence-electron chi connectivity index (χ1n) is 6.36. The van der Waals surface area contributed by atoms with E-state index in [4.69, 9.17) is 14.6 Å². The Balaban J connectivity index is 2.74. The van der Waals surface area contributed by atoms with Gasteiger partial charge in [-0.15, -0.1) is 0 Å². The Kier molecular flexibility index (Phi) is 6.54. The van der Waals surface area contributed by atoms with Gasteiger partial charge in [0, 0.05) is 6.54 Å². The molecule has 1 atom stereocenters. The third kappa shape index (κ3) is 4.55. The smallest absolute Gasteiger partial charge is 0.162 e. The van der Waals surface area contributed by atoms with E-state index in [9.17, 15) is 0 Å². The Bertz CT molecular complexity index is 355. The molecule has 2 N–H and O–H groups in total. The van der Waals surface area contributed by atoms with Crippen molar-refractivity contribution in [2.24, 2.45) is 0 Å². The summed E-state index contributed by atoms with van der Waals surface area (Å²) in [6.07, 6.45) is 0.874. The normalized spacial score (nSPS) is 12.2. The molecule has 0 heterocycles. The van der Waals surface area contributed by atoms with Crippen molar-refractivity contribution in [3.8, 4) is 11.5 Å². The van der Waals surface area contributed by atoms with E-state index in [1.54, 1.807) is 7.11 Å². The zero-order valence-electron chi connectivity index (χ0n) is 11.4. The van der Waals surface area contributed by atoms with Gasteiger partial charge >= 0.3 is 0 Å². The van der Waals surface area contributed by atoms with Crippen LogP contribution in [0, 0.1) is 0 Å². The Labute approximate surface area is 109 Å². The van der Waals surface area contributed by atoms with Gasteiger partial charge in [0.2, 0.25) is 0 Å². The zero-order chi connectivity index (χ0) is 13.4. The summed E-state index contributed by atoms with van der Waals surface area (Å²) in [5, 5.41) is 12.4. The molecular formula is C14H23NO3. The summed E-state index contributed by atoms with van der Waals surface area (Å²) in [7, 11) is 1.61. The number of hydrogen-bond acceptors (Lipinski definition) is 4. The SMILES string of the molecule is CCCNCc1ccc(OC)c(OC(C)CO)c1. The molecule has 0 saturated heterocycles. The number of ether oxygens (including phenoxy) is 2. The van der Waals surface area contributed by atoms with E-state index in [2.05, 4.69) is 12.2 Å². The van der Waals surface area contributed by atoms with Crippen LogP contribution in [0.5, 0.6) is 11.5 Å². The summed E-state index contributed by atoms with van der Waals surface area (Å²) < 4.78 is 10.9. The van der Waals surface area contributed by atoms with E-state index >= 15 is 0 Å². The minimum Gasteiger partial charge on any atom is -0.493 e. The van der Waals surface area contributed by atoms with E-state index < -0.39 is 0 Å². The van der Waals surface area contributed by atoms with Gasteiger partial charge in [-0.1, -0.05) is 13.0 Å². The fourth-order valence-corrected chi connectivity index (χ4v) is 1.59. The molecule has 0 bridgehead atoms. The Morgan fingerprint density at radius 1 is 1.33 bits per heavy atom. The summed E-state index contributed by atoms with van der Waals surface area (Å²) in [4.78, 5) is 0. The fourth-order valence-electron chi connectivity index (χ4n) is 1.59. The first-order valence-corrected chi connectivity index (χ1v) is 6.36. The monoisotopic (exact) mass is 253 g/mol. The molecule has 1 aromatic rings. The van der Waals surface area contributed by atoms with Gasteiger partial charge in [0.05, 0.1) is 13.7 Å². The van der Waals surface area contributed by atoms with Gasteiger partial charge in [0.15, 0.2) is 11.5 Å². The number of aliphatic hydroxyl groups excluding tert-OH is 1. The van der Waals surface area contributed by atoms with Crippen molar-refractivity contribution in [2.45, 2.75) is 32.9 Å². The Morgan fingerprint density at radius 3 is 2.72 bits per heavy atom. The Morgan fingerprint density at radius 2 is 2.11 bits per heavy atom. The van der Waals surface area contributed by atoms with Crippen LogP contribution in [0.15, 0.2) is 18.2 Å². The van der Waals surface area contributed by atoms with Gasteiger partial charge < -0.3 is 19.9 Å². The molecule has 102 valence electrons. The maximum absolute atomic E-state index is 9.02. The van der Waals surface area contributed by atoms with Gasteiger partial charge in [-0.05, 0) is 37.6 Å². The van der Waals surface area contributed by atoms with E-state index in [1.807, 2.05) is 25.1 Å². The van der Waals surface area contributed by atoms with Gasteiger partial charge in [0.1, 0.15) is 6.10 Å². The van der Waals surface area contributed by atoms with Crippen LogP contribution in [0.25, 0.3) is 0 Å². The Hall–Kier alpha value is -1.26. The van der Waals surface area contributed by atoms with E-state index in [-0.39, 0.29) is 12.7 Å². The predicted octanol–water partition coefficient (Wildman–Crippen LogP) is 1.95. The highest BCUT2D eigenvalue weighted by molar-refractivity contribution is 5.43.